The lowest BCUT2D eigenvalue weighted by molar-refractivity contribution is 0.00578. The van der Waals surface area contributed by atoms with Crippen LogP contribution in [0, 0.1) is 22.7 Å². The highest BCUT2D eigenvalue weighted by Gasteiger charge is 2.51. The molecule has 0 atom stereocenters. The van der Waals surface area contributed by atoms with Gasteiger partial charge in [0.2, 0.25) is 0 Å². The molecular formula is C41H30BN5O2. The Morgan fingerprint density at radius 1 is 0.531 bits per heavy atom. The monoisotopic (exact) mass is 635 g/mol. The van der Waals surface area contributed by atoms with Crippen molar-refractivity contribution in [3.8, 4) is 45.9 Å². The fraction of sp³-hybridized carbons (Fsp3) is 0.146. The van der Waals surface area contributed by atoms with Gasteiger partial charge in [-0.2, -0.15) is 10.5 Å². The summed E-state index contributed by atoms with van der Waals surface area (Å²) in [5, 5.41) is 21.7. The van der Waals surface area contributed by atoms with Crippen molar-refractivity contribution < 1.29 is 9.31 Å². The molecule has 234 valence electrons. The summed E-state index contributed by atoms with van der Waals surface area (Å²) in [5.41, 5.74) is 8.43. The molecule has 1 aliphatic rings. The third kappa shape index (κ3) is 5.10. The van der Waals surface area contributed by atoms with Crippen LogP contribution in [0.3, 0.4) is 0 Å². The molecule has 0 spiro atoms. The molecule has 1 fully saturated rings. The number of nitrogens with zero attached hydrogens (tertiary/aromatic N) is 5. The van der Waals surface area contributed by atoms with Crippen molar-refractivity contribution in [1.82, 2.24) is 15.0 Å². The number of pyridine rings is 1. The van der Waals surface area contributed by atoms with Crippen molar-refractivity contribution in [3.63, 3.8) is 0 Å². The van der Waals surface area contributed by atoms with Crippen LogP contribution >= 0.6 is 0 Å². The highest BCUT2D eigenvalue weighted by atomic mass is 16.7. The van der Waals surface area contributed by atoms with Gasteiger partial charge in [-0.1, -0.05) is 66.7 Å². The van der Waals surface area contributed by atoms with Gasteiger partial charge < -0.3 is 9.31 Å². The van der Waals surface area contributed by atoms with Crippen LogP contribution in [0.4, 0.5) is 0 Å². The lowest BCUT2D eigenvalue weighted by Gasteiger charge is -2.32. The Labute approximate surface area is 284 Å². The second-order valence-electron chi connectivity index (χ2n) is 13.3. The number of nitriles is 2. The molecule has 1 saturated heterocycles. The zero-order valence-corrected chi connectivity index (χ0v) is 27.5. The quantitative estimate of drug-likeness (QED) is 0.141. The molecule has 0 bridgehead atoms. The van der Waals surface area contributed by atoms with Crippen LogP contribution in [-0.2, 0) is 9.31 Å². The van der Waals surface area contributed by atoms with Crippen LogP contribution in [0.5, 0.6) is 0 Å². The minimum Gasteiger partial charge on any atom is -0.399 e. The number of para-hydroxylation sites is 1. The third-order valence-corrected chi connectivity index (χ3v) is 9.78. The smallest absolute Gasteiger partial charge is 0.399 e. The fourth-order valence-corrected chi connectivity index (χ4v) is 6.36. The molecule has 0 amide bonds. The van der Waals surface area contributed by atoms with Crippen molar-refractivity contribution >= 4 is 45.3 Å². The maximum Gasteiger partial charge on any atom is 0.494 e. The van der Waals surface area contributed by atoms with Crippen LogP contribution in [0.1, 0.15) is 38.8 Å². The summed E-state index contributed by atoms with van der Waals surface area (Å²) in [4.78, 5) is 15.7. The minimum absolute atomic E-state index is 0.425. The molecule has 8 rings (SSSR count). The molecule has 3 heterocycles. The number of rotatable bonds is 4. The predicted molar refractivity (Wildman–Crippen MR) is 194 cm³/mol. The van der Waals surface area contributed by atoms with Crippen molar-refractivity contribution in [1.29, 1.82) is 10.5 Å². The van der Waals surface area contributed by atoms with E-state index in [1.54, 1.807) is 24.3 Å². The Morgan fingerprint density at radius 2 is 1.04 bits per heavy atom. The Morgan fingerprint density at radius 3 is 1.63 bits per heavy atom. The van der Waals surface area contributed by atoms with Gasteiger partial charge in [0.1, 0.15) is 0 Å². The zero-order chi connectivity index (χ0) is 33.9. The number of fused-ring (bicyclic) bond motifs is 5. The van der Waals surface area contributed by atoms with Gasteiger partial charge in [-0.15, -0.1) is 0 Å². The van der Waals surface area contributed by atoms with E-state index < -0.39 is 18.3 Å². The summed E-state index contributed by atoms with van der Waals surface area (Å²) < 4.78 is 12.6. The number of benzene rings is 5. The van der Waals surface area contributed by atoms with Gasteiger partial charge in [0, 0.05) is 32.8 Å². The van der Waals surface area contributed by atoms with Gasteiger partial charge in [0.15, 0.2) is 0 Å². The molecule has 2 aromatic heterocycles. The number of hydrogen-bond donors (Lipinski definition) is 0. The first-order chi connectivity index (χ1) is 23.7. The van der Waals surface area contributed by atoms with E-state index in [4.69, 9.17) is 24.3 Å². The van der Waals surface area contributed by atoms with Crippen LogP contribution in [-0.4, -0.2) is 33.3 Å². The molecule has 8 heteroatoms. The predicted octanol–water partition coefficient (Wildman–Crippen LogP) is 8.37. The van der Waals surface area contributed by atoms with Gasteiger partial charge in [-0.3, -0.25) is 0 Å². The summed E-state index contributed by atoms with van der Waals surface area (Å²) >= 11 is 0. The fourth-order valence-electron chi connectivity index (χ4n) is 6.36. The first-order valence-electron chi connectivity index (χ1n) is 16.2. The van der Waals surface area contributed by atoms with E-state index in [2.05, 4.69) is 64.1 Å². The highest BCUT2D eigenvalue weighted by Crippen LogP contribution is 2.40. The second-order valence-corrected chi connectivity index (χ2v) is 13.3. The lowest BCUT2D eigenvalue weighted by atomic mass is 9.78. The SMILES string of the molecule is CC1(C)OB(c2ccc(-c3nc4ccccc4c4c3ccc3nc(-c5ccc(C#N)cc5)c(-c5ccc(C#N)cc5)nc34)cc2)OC1(C)C. The topological polar surface area (TPSA) is 105 Å². The van der Waals surface area contributed by atoms with Crippen LogP contribution < -0.4 is 5.46 Å². The second kappa shape index (κ2) is 11.4. The third-order valence-electron chi connectivity index (χ3n) is 9.78. The minimum atomic E-state index is -0.453. The van der Waals surface area contributed by atoms with E-state index in [-0.39, 0.29) is 0 Å². The van der Waals surface area contributed by atoms with Gasteiger partial charge in [-0.05, 0) is 75.6 Å². The molecule has 7 aromatic rings. The Kier molecular flexibility index (Phi) is 7.05. The summed E-state index contributed by atoms with van der Waals surface area (Å²) in [5.74, 6) is 0. The first-order valence-corrected chi connectivity index (χ1v) is 16.2. The average molecular weight is 636 g/mol. The Balaban J connectivity index is 1.34. The molecule has 0 saturated carbocycles. The van der Waals surface area contributed by atoms with Gasteiger partial charge in [0.25, 0.3) is 0 Å². The molecule has 0 aliphatic carbocycles. The maximum atomic E-state index is 9.45. The summed E-state index contributed by atoms with van der Waals surface area (Å²) in [6, 6.07) is 39.6. The van der Waals surface area contributed by atoms with Crippen molar-refractivity contribution in [2.75, 3.05) is 0 Å². The van der Waals surface area contributed by atoms with E-state index in [0.717, 1.165) is 60.6 Å². The van der Waals surface area contributed by atoms with E-state index in [1.165, 1.54) is 0 Å². The van der Waals surface area contributed by atoms with Crippen LogP contribution in [0.2, 0.25) is 0 Å². The first kappa shape index (κ1) is 30.4. The molecule has 5 aromatic carbocycles. The van der Waals surface area contributed by atoms with Crippen molar-refractivity contribution in [3.05, 3.63) is 120 Å². The van der Waals surface area contributed by atoms with Crippen LogP contribution in [0.25, 0.3) is 66.5 Å². The molecule has 49 heavy (non-hydrogen) atoms. The number of hydrogen-bond acceptors (Lipinski definition) is 7. The van der Waals surface area contributed by atoms with E-state index in [9.17, 15) is 10.5 Å². The van der Waals surface area contributed by atoms with E-state index >= 15 is 0 Å². The largest absolute Gasteiger partial charge is 0.494 e. The summed E-state index contributed by atoms with van der Waals surface area (Å²) in [6.07, 6.45) is 0. The molecule has 0 unspecified atom stereocenters. The van der Waals surface area contributed by atoms with Gasteiger partial charge in [-0.25, -0.2) is 15.0 Å². The zero-order valence-electron chi connectivity index (χ0n) is 27.5. The summed E-state index contributed by atoms with van der Waals surface area (Å²) in [7, 11) is -0.453. The lowest BCUT2D eigenvalue weighted by Crippen LogP contribution is -2.41. The maximum absolute atomic E-state index is 9.45. The Bertz CT molecular complexity index is 2500. The molecule has 1 aliphatic heterocycles. The highest BCUT2D eigenvalue weighted by molar-refractivity contribution is 6.62. The Hall–Kier alpha value is -5.93. The molecule has 7 nitrogen and oxygen atoms in total. The summed E-state index contributed by atoms with van der Waals surface area (Å²) in [6.45, 7) is 8.22. The normalized spacial score (nSPS) is 15.0. The van der Waals surface area contributed by atoms with Gasteiger partial charge in [0.05, 0.1) is 68.1 Å². The van der Waals surface area contributed by atoms with E-state index in [0.29, 0.717) is 22.5 Å². The van der Waals surface area contributed by atoms with Crippen molar-refractivity contribution in [2.45, 2.75) is 38.9 Å². The average Bonchev–Trinajstić information content (AvgIpc) is 3.36. The molecule has 0 radical (unpaired) electrons. The van der Waals surface area contributed by atoms with E-state index in [1.807, 2.05) is 60.7 Å². The van der Waals surface area contributed by atoms with Gasteiger partial charge >= 0.3 is 7.12 Å². The number of aromatic nitrogens is 3. The van der Waals surface area contributed by atoms with Crippen molar-refractivity contribution in [2.24, 2.45) is 0 Å². The molecular weight excluding hydrogens is 605 g/mol. The van der Waals surface area contributed by atoms with Crippen LogP contribution in [0.15, 0.2) is 109 Å². The standard InChI is InChI=1S/C41H30BN5O2/c1-40(2)41(3,4)49-42(48-40)30-19-17-27(18-20-30)36-32-21-22-34-39(35(32)31-7-5-6-8-33(31)45-36)47-38(29-15-11-26(24-44)12-16-29)37(46-34)28-13-9-25(23-43)10-14-28/h5-22H,1-4H3. The molecule has 0 N–H and O–H groups in total.